The molecule has 1 amide bonds. The van der Waals surface area contributed by atoms with Gasteiger partial charge in [0.25, 0.3) is 0 Å². The molecule has 0 aliphatic carbocycles. The second kappa shape index (κ2) is 8.82. The molecule has 0 saturated carbocycles. The number of thioether (sulfide) groups is 1. The maximum Gasteiger partial charge on any atom is 0.242 e. The molecule has 1 fully saturated rings. The number of rotatable bonds is 7. The molecule has 0 bridgehead atoms. The van der Waals surface area contributed by atoms with Gasteiger partial charge < -0.3 is 4.74 Å². The SMILES string of the molecule is C=CCN1C(=O)C(Cc2ccc(OC)cc2)S/C1=N/N=C\c1cccs1. The number of hydrogen-bond donors (Lipinski definition) is 0. The Kier molecular flexibility index (Phi) is 6.25. The van der Waals surface area contributed by atoms with Crippen LogP contribution in [-0.2, 0) is 11.2 Å². The summed E-state index contributed by atoms with van der Waals surface area (Å²) in [7, 11) is 1.64. The molecule has 1 aromatic carbocycles. The number of carbonyl (C=O) groups is 1. The molecule has 1 aliphatic heterocycles. The van der Waals surface area contributed by atoms with Gasteiger partial charge in [-0.1, -0.05) is 36.0 Å². The van der Waals surface area contributed by atoms with Gasteiger partial charge in [-0.2, -0.15) is 5.10 Å². The maximum absolute atomic E-state index is 12.7. The molecule has 5 nitrogen and oxygen atoms in total. The van der Waals surface area contributed by atoms with Crippen LogP contribution >= 0.6 is 23.1 Å². The van der Waals surface area contributed by atoms with Crippen LogP contribution in [0.15, 0.2) is 64.6 Å². The standard InChI is InChI=1S/C19H19N3O2S2/c1-3-10-22-18(23)17(12-14-6-8-15(24-2)9-7-14)26-19(22)21-20-13-16-5-4-11-25-16/h3-9,11,13,17H,1,10,12H2,2H3/b20-13-,21-19+. The summed E-state index contributed by atoms with van der Waals surface area (Å²) in [4.78, 5) is 15.4. The molecule has 1 aliphatic rings. The Bertz CT molecular complexity index is 814. The predicted molar refractivity (Wildman–Crippen MR) is 109 cm³/mol. The molecular formula is C19H19N3O2S2. The van der Waals surface area contributed by atoms with Gasteiger partial charge in [0.15, 0.2) is 5.17 Å². The first-order valence-electron chi connectivity index (χ1n) is 8.07. The Balaban J connectivity index is 1.73. The first kappa shape index (κ1) is 18.4. The van der Waals surface area contributed by atoms with Crippen LogP contribution in [0, 0.1) is 0 Å². The fraction of sp³-hybridized carbons (Fsp3) is 0.211. The van der Waals surface area contributed by atoms with Crippen molar-refractivity contribution < 1.29 is 9.53 Å². The van der Waals surface area contributed by atoms with E-state index in [1.54, 1.807) is 35.6 Å². The summed E-state index contributed by atoms with van der Waals surface area (Å²) < 4.78 is 5.18. The minimum Gasteiger partial charge on any atom is -0.497 e. The summed E-state index contributed by atoms with van der Waals surface area (Å²) in [6, 6.07) is 11.7. The van der Waals surface area contributed by atoms with E-state index in [1.165, 1.54) is 11.8 Å². The Hall–Kier alpha value is -2.38. The molecule has 1 aromatic heterocycles. The lowest BCUT2D eigenvalue weighted by Crippen LogP contribution is -2.32. The second-order valence-electron chi connectivity index (χ2n) is 5.54. The third-order valence-electron chi connectivity index (χ3n) is 3.78. The smallest absolute Gasteiger partial charge is 0.242 e. The van der Waals surface area contributed by atoms with Gasteiger partial charge in [-0.25, -0.2) is 0 Å². The summed E-state index contributed by atoms with van der Waals surface area (Å²) in [6.45, 7) is 4.16. The van der Waals surface area contributed by atoms with Crippen LogP contribution in [0.5, 0.6) is 5.75 Å². The van der Waals surface area contributed by atoms with Crippen molar-refractivity contribution in [3.05, 3.63) is 64.9 Å². The summed E-state index contributed by atoms with van der Waals surface area (Å²) in [5.41, 5.74) is 1.08. The minimum absolute atomic E-state index is 0.0378. The number of amides is 1. The molecule has 0 N–H and O–H groups in total. The predicted octanol–water partition coefficient (Wildman–Crippen LogP) is 3.82. The normalized spacial score (nSPS) is 18.8. The topological polar surface area (TPSA) is 54.3 Å². The van der Waals surface area contributed by atoms with E-state index >= 15 is 0 Å². The molecule has 1 atom stereocenters. The van der Waals surface area contributed by atoms with Crippen molar-refractivity contribution in [2.24, 2.45) is 10.2 Å². The number of carbonyl (C=O) groups excluding carboxylic acids is 1. The molecule has 0 radical (unpaired) electrons. The molecule has 0 spiro atoms. The highest BCUT2D eigenvalue weighted by molar-refractivity contribution is 8.15. The number of amidine groups is 1. The highest BCUT2D eigenvalue weighted by atomic mass is 32.2. The fourth-order valence-electron chi connectivity index (χ4n) is 2.49. The Labute approximate surface area is 161 Å². The second-order valence-corrected chi connectivity index (χ2v) is 7.69. The van der Waals surface area contributed by atoms with E-state index in [-0.39, 0.29) is 11.2 Å². The third kappa shape index (κ3) is 4.42. The fourth-order valence-corrected chi connectivity index (χ4v) is 4.21. The number of methoxy groups -OCH3 is 1. The molecule has 1 saturated heterocycles. The number of ether oxygens (including phenoxy) is 1. The molecule has 7 heteroatoms. The summed E-state index contributed by atoms with van der Waals surface area (Å²) >= 11 is 3.04. The van der Waals surface area contributed by atoms with Gasteiger partial charge >= 0.3 is 0 Å². The average molecular weight is 386 g/mol. The van der Waals surface area contributed by atoms with E-state index in [4.69, 9.17) is 4.74 Å². The van der Waals surface area contributed by atoms with Crippen molar-refractivity contribution in [1.82, 2.24) is 4.90 Å². The minimum atomic E-state index is -0.209. The Morgan fingerprint density at radius 2 is 2.12 bits per heavy atom. The van der Waals surface area contributed by atoms with Crippen LogP contribution in [0.4, 0.5) is 0 Å². The van der Waals surface area contributed by atoms with E-state index < -0.39 is 0 Å². The van der Waals surface area contributed by atoms with Crippen molar-refractivity contribution in [3.8, 4) is 5.75 Å². The van der Waals surface area contributed by atoms with Crippen molar-refractivity contribution in [3.63, 3.8) is 0 Å². The van der Waals surface area contributed by atoms with E-state index in [0.717, 1.165) is 16.2 Å². The van der Waals surface area contributed by atoms with E-state index in [0.29, 0.717) is 18.1 Å². The van der Waals surface area contributed by atoms with Crippen LogP contribution in [0.2, 0.25) is 0 Å². The van der Waals surface area contributed by atoms with Crippen molar-refractivity contribution >= 4 is 40.4 Å². The molecule has 134 valence electrons. The van der Waals surface area contributed by atoms with Gasteiger partial charge in [0.2, 0.25) is 5.91 Å². The van der Waals surface area contributed by atoms with Gasteiger partial charge in [0, 0.05) is 11.4 Å². The number of thiophene rings is 1. The summed E-state index contributed by atoms with van der Waals surface area (Å²) in [5, 5.41) is 10.8. The highest BCUT2D eigenvalue weighted by Crippen LogP contribution is 2.30. The largest absolute Gasteiger partial charge is 0.497 e. The lowest BCUT2D eigenvalue weighted by atomic mass is 10.1. The van der Waals surface area contributed by atoms with Gasteiger partial charge in [-0.05, 0) is 35.6 Å². The summed E-state index contributed by atoms with van der Waals surface area (Å²) in [5.74, 6) is 0.841. The molecular weight excluding hydrogens is 366 g/mol. The van der Waals surface area contributed by atoms with Crippen LogP contribution in [0.25, 0.3) is 0 Å². The zero-order valence-corrected chi connectivity index (χ0v) is 16.0. The molecule has 1 unspecified atom stereocenters. The lowest BCUT2D eigenvalue weighted by Gasteiger charge is -2.12. The third-order valence-corrected chi connectivity index (χ3v) is 5.76. The van der Waals surface area contributed by atoms with Crippen LogP contribution < -0.4 is 4.74 Å². The van der Waals surface area contributed by atoms with E-state index in [1.807, 2.05) is 41.8 Å². The van der Waals surface area contributed by atoms with Crippen molar-refractivity contribution in [1.29, 1.82) is 0 Å². The molecule has 2 aromatic rings. The van der Waals surface area contributed by atoms with Gasteiger partial charge in [-0.15, -0.1) is 23.0 Å². The first-order chi connectivity index (χ1) is 12.7. The Morgan fingerprint density at radius 3 is 2.77 bits per heavy atom. The lowest BCUT2D eigenvalue weighted by molar-refractivity contribution is -0.125. The summed E-state index contributed by atoms with van der Waals surface area (Å²) in [6.07, 6.45) is 4.03. The first-order valence-corrected chi connectivity index (χ1v) is 9.83. The highest BCUT2D eigenvalue weighted by Gasteiger charge is 2.37. The Morgan fingerprint density at radius 1 is 1.31 bits per heavy atom. The van der Waals surface area contributed by atoms with E-state index in [2.05, 4.69) is 16.8 Å². The van der Waals surface area contributed by atoms with Crippen LogP contribution in [0.1, 0.15) is 10.4 Å². The van der Waals surface area contributed by atoms with Crippen LogP contribution in [0.3, 0.4) is 0 Å². The molecule has 26 heavy (non-hydrogen) atoms. The van der Waals surface area contributed by atoms with Gasteiger partial charge in [0.1, 0.15) is 5.75 Å². The van der Waals surface area contributed by atoms with Crippen molar-refractivity contribution in [2.75, 3.05) is 13.7 Å². The van der Waals surface area contributed by atoms with E-state index in [9.17, 15) is 4.79 Å². The van der Waals surface area contributed by atoms with Gasteiger partial charge in [-0.3, -0.25) is 9.69 Å². The number of nitrogens with zero attached hydrogens (tertiary/aromatic N) is 3. The zero-order valence-electron chi connectivity index (χ0n) is 14.4. The van der Waals surface area contributed by atoms with Crippen LogP contribution in [-0.4, -0.2) is 41.1 Å². The van der Waals surface area contributed by atoms with Gasteiger partial charge in [0.05, 0.1) is 18.6 Å². The average Bonchev–Trinajstić information content (AvgIpc) is 3.27. The molecule has 3 rings (SSSR count). The van der Waals surface area contributed by atoms with Crippen molar-refractivity contribution in [2.45, 2.75) is 11.7 Å². The quantitative estimate of drug-likeness (QED) is 0.414. The molecule has 2 heterocycles. The number of benzene rings is 1. The monoisotopic (exact) mass is 385 g/mol. The number of hydrogen-bond acceptors (Lipinski definition) is 6. The maximum atomic E-state index is 12.7. The zero-order chi connectivity index (χ0) is 18.4.